The molecule has 0 aliphatic carbocycles. The van der Waals surface area contributed by atoms with E-state index in [0.717, 1.165) is 15.7 Å². The van der Waals surface area contributed by atoms with E-state index in [1.165, 1.54) is 5.56 Å². The Morgan fingerprint density at radius 1 is 1.14 bits per heavy atom. The van der Waals surface area contributed by atoms with Gasteiger partial charge in [0.15, 0.2) is 0 Å². The van der Waals surface area contributed by atoms with Gasteiger partial charge in [-0.1, -0.05) is 34.1 Å². The van der Waals surface area contributed by atoms with Crippen LogP contribution < -0.4 is 5.32 Å². The van der Waals surface area contributed by atoms with Crippen LogP contribution in [0.25, 0.3) is 0 Å². The van der Waals surface area contributed by atoms with Gasteiger partial charge in [0.1, 0.15) is 0 Å². The van der Waals surface area contributed by atoms with Crippen LogP contribution in [-0.4, -0.2) is 4.92 Å². The summed E-state index contributed by atoms with van der Waals surface area (Å²) in [7, 11) is 0. The monoisotopic (exact) mass is 348 g/mol. The van der Waals surface area contributed by atoms with E-state index < -0.39 is 0 Å². The van der Waals surface area contributed by atoms with E-state index in [1.807, 2.05) is 38.1 Å². The lowest BCUT2D eigenvalue weighted by atomic mass is 10.0. The van der Waals surface area contributed by atoms with Crippen molar-refractivity contribution in [3.05, 3.63) is 67.7 Å². The average molecular weight is 349 g/mol. The minimum atomic E-state index is -0.339. The van der Waals surface area contributed by atoms with Crippen molar-refractivity contribution in [3.63, 3.8) is 0 Å². The van der Waals surface area contributed by atoms with Crippen LogP contribution in [0.15, 0.2) is 40.9 Å². The predicted molar refractivity (Wildman–Crippen MR) is 88.8 cm³/mol. The molecular formula is C16H17BrN2O2. The van der Waals surface area contributed by atoms with Crippen molar-refractivity contribution < 1.29 is 4.92 Å². The maximum absolute atomic E-state index is 11.0. The van der Waals surface area contributed by atoms with Crippen LogP contribution in [0.4, 0.5) is 11.4 Å². The Hall–Kier alpha value is -1.88. The van der Waals surface area contributed by atoms with E-state index in [9.17, 15) is 10.1 Å². The molecule has 21 heavy (non-hydrogen) atoms. The zero-order valence-corrected chi connectivity index (χ0v) is 13.8. The lowest BCUT2D eigenvalue weighted by Gasteiger charge is -2.16. The van der Waals surface area contributed by atoms with Gasteiger partial charge < -0.3 is 5.32 Å². The Kier molecular flexibility index (Phi) is 4.63. The summed E-state index contributed by atoms with van der Waals surface area (Å²) in [6, 6.07) is 11.4. The predicted octanol–water partition coefficient (Wildman–Crippen LogP) is 5.15. The molecule has 2 aromatic rings. The molecule has 110 valence electrons. The molecule has 1 unspecified atom stereocenters. The van der Waals surface area contributed by atoms with Gasteiger partial charge in [-0.2, -0.15) is 0 Å². The normalized spacial score (nSPS) is 12.0. The molecule has 0 bridgehead atoms. The zero-order chi connectivity index (χ0) is 15.6. The number of nitro groups is 1. The van der Waals surface area contributed by atoms with Crippen molar-refractivity contribution in [3.8, 4) is 0 Å². The summed E-state index contributed by atoms with van der Waals surface area (Å²) in [5, 5.41) is 14.4. The van der Waals surface area contributed by atoms with Gasteiger partial charge >= 0.3 is 0 Å². The number of nitrogens with one attached hydrogen (secondary N) is 1. The molecule has 0 spiro atoms. The Bertz CT molecular complexity index is 686. The second-order valence-corrected chi connectivity index (χ2v) is 5.99. The van der Waals surface area contributed by atoms with E-state index in [0.29, 0.717) is 5.56 Å². The Labute approximate surface area is 132 Å². The van der Waals surface area contributed by atoms with Crippen LogP contribution in [0.2, 0.25) is 0 Å². The highest BCUT2D eigenvalue weighted by Crippen LogP contribution is 2.27. The van der Waals surface area contributed by atoms with Crippen LogP contribution in [0.1, 0.15) is 29.7 Å². The third kappa shape index (κ3) is 3.61. The number of nitrogens with zero attached hydrogens (tertiary/aromatic N) is 1. The number of hydrogen-bond acceptors (Lipinski definition) is 3. The molecule has 0 aromatic heterocycles. The molecule has 0 saturated carbocycles. The van der Waals surface area contributed by atoms with Gasteiger partial charge in [-0.05, 0) is 44.0 Å². The van der Waals surface area contributed by atoms with Crippen LogP contribution >= 0.6 is 15.9 Å². The Morgan fingerprint density at radius 2 is 1.81 bits per heavy atom. The third-order valence-electron chi connectivity index (χ3n) is 3.48. The lowest BCUT2D eigenvalue weighted by Crippen LogP contribution is -2.07. The molecule has 0 radical (unpaired) electrons. The van der Waals surface area contributed by atoms with Crippen molar-refractivity contribution in [1.29, 1.82) is 0 Å². The zero-order valence-electron chi connectivity index (χ0n) is 12.2. The fraction of sp³-hybridized carbons (Fsp3) is 0.250. The highest BCUT2D eigenvalue weighted by Gasteiger charge is 2.14. The molecule has 2 rings (SSSR count). The fourth-order valence-electron chi connectivity index (χ4n) is 2.11. The minimum absolute atomic E-state index is 0.0149. The lowest BCUT2D eigenvalue weighted by molar-refractivity contribution is -0.385. The molecule has 0 heterocycles. The molecule has 2 aromatic carbocycles. The Morgan fingerprint density at radius 3 is 2.43 bits per heavy atom. The number of hydrogen-bond donors (Lipinski definition) is 1. The van der Waals surface area contributed by atoms with Crippen molar-refractivity contribution in [2.45, 2.75) is 26.8 Å². The quantitative estimate of drug-likeness (QED) is 0.614. The summed E-state index contributed by atoms with van der Waals surface area (Å²) in [6.07, 6.45) is 0. The molecule has 0 fully saturated rings. The summed E-state index contributed by atoms with van der Waals surface area (Å²) >= 11 is 3.50. The van der Waals surface area contributed by atoms with E-state index in [-0.39, 0.29) is 16.7 Å². The molecule has 0 saturated heterocycles. The minimum Gasteiger partial charge on any atom is -0.378 e. The van der Waals surface area contributed by atoms with Crippen molar-refractivity contribution in [2.24, 2.45) is 0 Å². The van der Waals surface area contributed by atoms with E-state index in [1.54, 1.807) is 19.1 Å². The first kappa shape index (κ1) is 15.5. The van der Waals surface area contributed by atoms with Crippen LogP contribution in [0.3, 0.4) is 0 Å². The maximum atomic E-state index is 11.0. The third-order valence-corrected chi connectivity index (χ3v) is 4.34. The molecular weight excluding hydrogens is 332 g/mol. The van der Waals surface area contributed by atoms with Gasteiger partial charge in [-0.3, -0.25) is 10.1 Å². The first-order chi connectivity index (χ1) is 9.88. The number of anilines is 1. The SMILES string of the molecule is Cc1ccc(NC(C)c2ccc(C)c([N+](=O)[O-])c2)cc1Br. The molecule has 1 N–H and O–H groups in total. The first-order valence-electron chi connectivity index (χ1n) is 6.66. The summed E-state index contributed by atoms with van der Waals surface area (Å²) in [5.41, 5.74) is 3.87. The highest BCUT2D eigenvalue weighted by molar-refractivity contribution is 9.10. The van der Waals surface area contributed by atoms with E-state index in [4.69, 9.17) is 0 Å². The van der Waals surface area contributed by atoms with Crippen molar-refractivity contribution in [2.75, 3.05) is 5.32 Å². The van der Waals surface area contributed by atoms with Gasteiger partial charge in [0.25, 0.3) is 5.69 Å². The van der Waals surface area contributed by atoms with Crippen LogP contribution in [-0.2, 0) is 0 Å². The molecule has 5 heteroatoms. The van der Waals surface area contributed by atoms with Crippen LogP contribution in [0, 0.1) is 24.0 Å². The maximum Gasteiger partial charge on any atom is 0.272 e. The number of benzene rings is 2. The Balaban J connectivity index is 2.23. The summed E-state index contributed by atoms with van der Waals surface area (Å²) in [4.78, 5) is 10.7. The summed E-state index contributed by atoms with van der Waals surface area (Å²) in [6.45, 7) is 5.76. The highest BCUT2D eigenvalue weighted by atomic mass is 79.9. The van der Waals surface area contributed by atoms with Gasteiger partial charge in [-0.25, -0.2) is 0 Å². The second-order valence-electron chi connectivity index (χ2n) is 5.13. The molecule has 0 aliphatic rings. The number of rotatable bonds is 4. The van der Waals surface area contributed by atoms with E-state index in [2.05, 4.69) is 21.2 Å². The summed E-state index contributed by atoms with van der Waals surface area (Å²) in [5.74, 6) is 0. The first-order valence-corrected chi connectivity index (χ1v) is 7.45. The smallest absolute Gasteiger partial charge is 0.272 e. The largest absolute Gasteiger partial charge is 0.378 e. The number of aryl methyl sites for hydroxylation is 2. The topological polar surface area (TPSA) is 55.2 Å². The van der Waals surface area contributed by atoms with Crippen LogP contribution in [0.5, 0.6) is 0 Å². The van der Waals surface area contributed by atoms with Crippen molar-refractivity contribution in [1.82, 2.24) is 0 Å². The standard InChI is InChI=1S/C16H17BrN2O2/c1-10-5-7-14(9-15(10)17)18-12(3)13-6-4-11(2)16(8-13)19(20)21/h4-9,12,18H,1-3H3. The van der Waals surface area contributed by atoms with Crippen molar-refractivity contribution >= 4 is 27.3 Å². The van der Waals surface area contributed by atoms with Gasteiger partial charge in [0, 0.05) is 27.8 Å². The molecule has 1 atom stereocenters. The number of nitro benzene ring substituents is 1. The molecule has 0 amide bonds. The second kappa shape index (κ2) is 6.26. The number of halogens is 1. The van der Waals surface area contributed by atoms with Gasteiger partial charge in [0.2, 0.25) is 0 Å². The average Bonchev–Trinajstić information content (AvgIpc) is 2.43. The van der Waals surface area contributed by atoms with E-state index >= 15 is 0 Å². The molecule has 0 aliphatic heterocycles. The van der Waals surface area contributed by atoms with Gasteiger partial charge in [0.05, 0.1) is 4.92 Å². The van der Waals surface area contributed by atoms with Gasteiger partial charge in [-0.15, -0.1) is 0 Å². The molecule has 4 nitrogen and oxygen atoms in total. The summed E-state index contributed by atoms with van der Waals surface area (Å²) < 4.78 is 1.04. The fourth-order valence-corrected chi connectivity index (χ4v) is 2.49.